The van der Waals surface area contributed by atoms with Crippen LogP contribution >= 0.6 is 15.9 Å². The summed E-state index contributed by atoms with van der Waals surface area (Å²) in [5.41, 5.74) is 4.67. The monoisotopic (exact) mass is 409 g/mol. The fourth-order valence-electron chi connectivity index (χ4n) is 3.21. The lowest BCUT2D eigenvalue weighted by molar-refractivity contribution is -0.605. The van der Waals surface area contributed by atoms with Crippen LogP contribution in [0.2, 0.25) is 0 Å². The Morgan fingerprint density at radius 1 is 1.04 bits per heavy atom. The Morgan fingerprint density at radius 3 is 2.42 bits per heavy atom. The molecule has 1 unspecified atom stereocenters. The molecule has 1 aromatic heterocycles. The molecule has 4 heteroatoms. The molecule has 0 fully saturated rings. The third-order valence-electron chi connectivity index (χ3n) is 4.68. The summed E-state index contributed by atoms with van der Waals surface area (Å²) in [7, 11) is 0. The number of hydrogen-bond donors (Lipinski definition) is 0. The van der Waals surface area contributed by atoms with E-state index in [4.69, 9.17) is 0 Å². The number of halogens is 1. The predicted octanol–water partition coefficient (Wildman–Crippen LogP) is 5.10. The first-order chi connectivity index (χ1) is 12.5. The van der Waals surface area contributed by atoms with Crippen molar-refractivity contribution in [1.82, 2.24) is 0 Å². The molecular weight excluding hydrogens is 390 g/mol. The maximum atomic E-state index is 13.0. The Balaban J connectivity index is 2.01. The van der Waals surface area contributed by atoms with E-state index in [0.717, 1.165) is 26.7 Å². The number of carbonyl (C=O) groups is 1. The Kier molecular flexibility index (Phi) is 5.52. The smallest absolute Gasteiger partial charge is 0.191 e. The van der Waals surface area contributed by atoms with Gasteiger partial charge >= 0.3 is 0 Å². The summed E-state index contributed by atoms with van der Waals surface area (Å²) in [4.78, 5) is 13.0. The van der Waals surface area contributed by atoms with Gasteiger partial charge in [-0.1, -0.05) is 52.3 Å². The van der Waals surface area contributed by atoms with Crippen molar-refractivity contribution in [2.45, 2.75) is 26.2 Å². The fraction of sp³-hybridized carbons (Fsp3) is 0.182. The van der Waals surface area contributed by atoms with Gasteiger partial charge in [-0.3, -0.25) is 4.79 Å². The van der Waals surface area contributed by atoms with Gasteiger partial charge in [0.15, 0.2) is 18.2 Å². The first kappa shape index (κ1) is 18.3. The number of benzene rings is 2. The van der Waals surface area contributed by atoms with Gasteiger partial charge in [-0.2, -0.15) is 4.73 Å². The molecule has 3 aromatic rings. The average molecular weight is 410 g/mol. The van der Waals surface area contributed by atoms with Crippen LogP contribution in [0.3, 0.4) is 0 Å². The second kappa shape index (κ2) is 7.83. The molecule has 26 heavy (non-hydrogen) atoms. The first-order valence-electron chi connectivity index (χ1n) is 8.49. The molecular formula is C22H20BrNO2. The van der Waals surface area contributed by atoms with Crippen molar-refractivity contribution in [1.29, 1.82) is 0 Å². The standard InChI is InChI=1S/C22H20BrNO2/c1-15-5-3-4-6-19(15)20(17-7-9-18(23)10-8-17)13-22(25)21-14-24(26)12-11-16(21)2/h3-12,14,20H,13H2,1-2H3. The number of Topliss-reactive ketones (excluding diaryl/α,β-unsaturated/α-hetero) is 1. The topological polar surface area (TPSA) is 44.0 Å². The summed E-state index contributed by atoms with van der Waals surface area (Å²) < 4.78 is 1.69. The molecule has 0 N–H and O–H groups in total. The zero-order chi connectivity index (χ0) is 18.7. The lowest BCUT2D eigenvalue weighted by Gasteiger charge is -2.20. The normalized spacial score (nSPS) is 12.0. The van der Waals surface area contributed by atoms with Gasteiger partial charge in [0.05, 0.1) is 5.56 Å². The van der Waals surface area contributed by atoms with E-state index in [0.29, 0.717) is 16.7 Å². The number of ketones is 1. The second-order valence-corrected chi connectivity index (χ2v) is 7.41. The molecule has 3 rings (SSSR count). The SMILES string of the molecule is Cc1cc[n+]([O-])cc1C(=O)CC(c1ccc(Br)cc1)c1ccccc1C. The third kappa shape index (κ3) is 4.02. The van der Waals surface area contributed by atoms with Crippen molar-refractivity contribution in [3.8, 4) is 0 Å². The highest BCUT2D eigenvalue weighted by Crippen LogP contribution is 2.32. The molecule has 0 aliphatic carbocycles. The number of nitrogens with zero attached hydrogens (tertiary/aromatic N) is 1. The number of aromatic nitrogens is 1. The second-order valence-electron chi connectivity index (χ2n) is 6.49. The number of hydrogen-bond acceptors (Lipinski definition) is 2. The lowest BCUT2D eigenvalue weighted by atomic mass is 9.83. The van der Waals surface area contributed by atoms with Gasteiger partial charge in [-0.15, -0.1) is 0 Å². The minimum atomic E-state index is -0.0588. The maximum Gasteiger partial charge on any atom is 0.191 e. The van der Waals surface area contributed by atoms with E-state index < -0.39 is 0 Å². The van der Waals surface area contributed by atoms with Crippen molar-refractivity contribution >= 4 is 21.7 Å². The Morgan fingerprint density at radius 2 is 1.73 bits per heavy atom. The van der Waals surface area contributed by atoms with Crippen molar-refractivity contribution in [3.63, 3.8) is 0 Å². The Labute approximate surface area is 162 Å². The van der Waals surface area contributed by atoms with E-state index in [1.807, 2.05) is 43.3 Å². The molecule has 0 aliphatic heterocycles. The van der Waals surface area contributed by atoms with Gasteiger partial charge in [0.2, 0.25) is 0 Å². The van der Waals surface area contributed by atoms with Gasteiger partial charge in [-0.05, 0) is 48.2 Å². The van der Waals surface area contributed by atoms with Gasteiger partial charge in [0.1, 0.15) is 0 Å². The first-order valence-corrected chi connectivity index (χ1v) is 9.28. The Hall–Kier alpha value is -2.46. The minimum Gasteiger partial charge on any atom is -0.619 e. The van der Waals surface area contributed by atoms with E-state index in [1.54, 1.807) is 6.07 Å². The van der Waals surface area contributed by atoms with Crippen LogP contribution in [-0.2, 0) is 0 Å². The lowest BCUT2D eigenvalue weighted by Crippen LogP contribution is -2.27. The fourth-order valence-corrected chi connectivity index (χ4v) is 3.48. The predicted molar refractivity (Wildman–Crippen MR) is 106 cm³/mol. The summed E-state index contributed by atoms with van der Waals surface area (Å²) in [6.45, 7) is 3.92. The summed E-state index contributed by atoms with van der Waals surface area (Å²) in [6, 6.07) is 17.9. The molecule has 0 amide bonds. The molecule has 1 heterocycles. The largest absolute Gasteiger partial charge is 0.619 e. The quantitative estimate of drug-likeness (QED) is 0.334. The summed E-state index contributed by atoms with van der Waals surface area (Å²) >= 11 is 3.47. The van der Waals surface area contributed by atoms with Gasteiger partial charge in [0.25, 0.3) is 0 Å². The van der Waals surface area contributed by atoms with Crippen LogP contribution in [-0.4, -0.2) is 5.78 Å². The molecule has 1 atom stereocenters. The van der Waals surface area contributed by atoms with E-state index in [-0.39, 0.29) is 11.7 Å². The van der Waals surface area contributed by atoms with Crippen LogP contribution in [0.4, 0.5) is 0 Å². The average Bonchev–Trinajstić information content (AvgIpc) is 2.63. The van der Waals surface area contributed by atoms with Crippen LogP contribution < -0.4 is 4.73 Å². The summed E-state index contributed by atoms with van der Waals surface area (Å²) in [5, 5.41) is 11.6. The molecule has 0 saturated carbocycles. The van der Waals surface area contributed by atoms with Crippen molar-refractivity contribution in [2.75, 3.05) is 0 Å². The molecule has 3 nitrogen and oxygen atoms in total. The van der Waals surface area contributed by atoms with Crippen LogP contribution in [0.15, 0.2) is 71.5 Å². The van der Waals surface area contributed by atoms with Gasteiger partial charge < -0.3 is 5.21 Å². The third-order valence-corrected chi connectivity index (χ3v) is 5.21. The Bertz CT molecular complexity index is 935. The highest BCUT2D eigenvalue weighted by molar-refractivity contribution is 9.10. The highest BCUT2D eigenvalue weighted by atomic mass is 79.9. The van der Waals surface area contributed by atoms with Crippen LogP contribution in [0.5, 0.6) is 0 Å². The molecule has 0 spiro atoms. The summed E-state index contributed by atoms with van der Waals surface area (Å²) in [5.74, 6) is -0.0830. The number of rotatable bonds is 5. The van der Waals surface area contributed by atoms with Crippen molar-refractivity contribution in [3.05, 3.63) is 104 Å². The van der Waals surface area contributed by atoms with Gasteiger partial charge in [0, 0.05) is 22.9 Å². The summed E-state index contributed by atoms with van der Waals surface area (Å²) in [6.07, 6.45) is 3.10. The van der Waals surface area contributed by atoms with E-state index >= 15 is 0 Å². The molecule has 0 bridgehead atoms. The number of aryl methyl sites for hydroxylation is 2. The zero-order valence-electron chi connectivity index (χ0n) is 14.8. The van der Waals surface area contributed by atoms with Gasteiger partial charge in [-0.25, -0.2) is 0 Å². The van der Waals surface area contributed by atoms with E-state index in [1.165, 1.54) is 12.4 Å². The van der Waals surface area contributed by atoms with Crippen molar-refractivity contribution in [2.24, 2.45) is 0 Å². The highest BCUT2D eigenvalue weighted by Gasteiger charge is 2.22. The zero-order valence-corrected chi connectivity index (χ0v) is 16.4. The van der Waals surface area contributed by atoms with Crippen LogP contribution in [0.1, 0.15) is 45.0 Å². The molecule has 0 aliphatic rings. The van der Waals surface area contributed by atoms with Crippen LogP contribution in [0, 0.1) is 19.1 Å². The molecule has 0 saturated heterocycles. The molecule has 0 radical (unpaired) electrons. The van der Waals surface area contributed by atoms with Crippen LogP contribution in [0.25, 0.3) is 0 Å². The maximum absolute atomic E-state index is 13.0. The molecule has 132 valence electrons. The van der Waals surface area contributed by atoms with E-state index in [9.17, 15) is 10.0 Å². The number of carbonyl (C=O) groups excluding carboxylic acids is 1. The van der Waals surface area contributed by atoms with Crippen molar-refractivity contribution < 1.29 is 9.52 Å². The minimum absolute atomic E-state index is 0.0242. The number of pyridine rings is 1. The molecule has 2 aromatic carbocycles. The van der Waals surface area contributed by atoms with E-state index in [2.05, 4.69) is 35.0 Å².